The predicted molar refractivity (Wildman–Crippen MR) is 96.2 cm³/mol. The summed E-state index contributed by atoms with van der Waals surface area (Å²) in [5, 5.41) is 4.96. The van der Waals surface area contributed by atoms with Crippen molar-refractivity contribution in [2.45, 2.75) is 6.92 Å². The topological polar surface area (TPSA) is 54.9 Å². The summed E-state index contributed by atoms with van der Waals surface area (Å²) in [5.74, 6) is -0.160. The maximum Gasteiger partial charge on any atom is 0.258 e. The summed E-state index contributed by atoms with van der Waals surface area (Å²) >= 11 is 0. The number of benzene rings is 2. The summed E-state index contributed by atoms with van der Waals surface area (Å²) in [6.45, 7) is 1.92. The molecule has 0 unspecified atom stereocenters. The van der Waals surface area contributed by atoms with E-state index in [1.807, 2.05) is 61.5 Å². The fourth-order valence-corrected chi connectivity index (χ4v) is 2.87. The van der Waals surface area contributed by atoms with Gasteiger partial charge in [-0.2, -0.15) is 0 Å². The molecule has 116 valence electrons. The molecule has 4 rings (SSSR count). The van der Waals surface area contributed by atoms with Crippen LogP contribution in [0.5, 0.6) is 0 Å². The number of fused-ring (bicyclic) bond motifs is 2. The van der Waals surface area contributed by atoms with Gasteiger partial charge in [0.15, 0.2) is 0 Å². The predicted octanol–water partition coefficient (Wildman–Crippen LogP) is 4.34. The number of aryl methyl sites for hydroxylation is 1. The molecule has 0 aliphatic rings. The number of nitrogens with zero attached hydrogens (tertiary/aromatic N) is 2. The van der Waals surface area contributed by atoms with Crippen LogP contribution in [0.4, 0.5) is 5.69 Å². The second kappa shape index (κ2) is 5.74. The third kappa shape index (κ3) is 2.48. The van der Waals surface area contributed by atoms with E-state index in [0.29, 0.717) is 11.1 Å². The van der Waals surface area contributed by atoms with Crippen LogP contribution in [0.3, 0.4) is 0 Å². The largest absolute Gasteiger partial charge is 0.322 e. The summed E-state index contributed by atoms with van der Waals surface area (Å²) in [4.78, 5) is 21.5. The molecular weight excluding hydrogens is 298 g/mol. The molecule has 4 nitrogen and oxygen atoms in total. The zero-order valence-corrected chi connectivity index (χ0v) is 13.2. The number of anilines is 1. The number of rotatable bonds is 2. The summed E-state index contributed by atoms with van der Waals surface area (Å²) < 4.78 is 0. The highest BCUT2D eigenvalue weighted by molar-refractivity contribution is 6.13. The Balaban J connectivity index is 1.74. The van der Waals surface area contributed by atoms with Crippen LogP contribution in [-0.4, -0.2) is 15.9 Å². The molecule has 24 heavy (non-hydrogen) atoms. The molecule has 2 aromatic heterocycles. The lowest BCUT2D eigenvalue weighted by atomic mass is 10.0. The minimum absolute atomic E-state index is 0.160. The first-order chi connectivity index (χ1) is 11.7. The Hall–Kier alpha value is -3.27. The smallest absolute Gasteiger partial charge is 0.258 e. The van der Waals surface area contributed by atoms with Crippen LogP contribution in [0.1, 0.15) is 15.9 Å². The fraction of sp³-hybridized carbons (Fsp3) is 0.0500. The summed E-state index contributed by atoms with van der Waals surface area (Å²) in [6.07, 6.45) is 3.45. The molecule has 0 spiro atoms. The van der Waals surface area contributed by atoms with E-state index in [2.05, 4.69) is 15.3 Å². The van der Waals surface area contributed by atoms with Gasteiger partial charge in [-0.1, -0.05) is 30.3 Å². The molecule has 1 amide bonds. The van der Waals surface area contributed by atoms with E-state index in [-0.39, 0.29) is 5.91 Å². The Morgan fingerprint density at radius 2 is 1.67 bits per heavy atom. The van der Waals surface area contributed by atoms with Gasteiger partial charge in [0.25, 0.3) is 5.91 Å². The Morgan fingerprint density at radius 1 is 0.917 bits per heavy atom. The molecule has 2 aromatic carbocycles. The molecule has 2 heterocycles. The molecule has 0 saturated carbocycles. The van der Waals surface area contributed by atoms with Crippen molar-refractivity contribution in [3.05, 3.63) is 78.1 Å². The van der Waals surface area contributed by atoms with Crippen molar-refractivity contribution in [2.75, 3.05) is 5.32 Å². The van der Waals surface area contributed by atoms with Crippen LogP contribution < -0.4 is 5.32 Å². The monoisotopic (exact) mass is 313 g/mol. The number of aromatic nitrogens is 2. The van der Waals surface area contributed by atoms with Crippen LogP contribution in [0.15, 0.2) is 67.0 Å². The van der Waals surface area contributed by atoms with Gasteiger partial charge < -0.3 is 5.32 Å². The number of nitrogens with one attached hydrogen (secondary N) is 1. The zero-order chi connectivity index (χ0) is 16.5. The van der Waals surface area contributed by atoms with Crippen LogP contribution in [0.2, 0.25) is 0 Å². The van der Waals surface area contributed by atoms with Crippen LogP contribution in [-0.2, 0) is 0 Å². The van der Waals surface area contributed by atoms with E-state index in [0.717, 1.165) is 27.5 Å². The Morgan fingerprint density at radius 3 is 2.54 bits per heavy atom. The maximum atomic E-state index is 12.8. The van der Waals surface area contributed by atoms with E-state index >= 15 is 0 Å². The molecular formula is C20H15N3O. The summed E-state index contributed by atoms with van der Waals surface area (Å²) in [6, 6.07) is 17.4. The van der Waals surface area contributed by atoms with Crippen molar-refractivity contribution in [1.82, 2.24) is 9.97 Å². The number of hydrogen-bond donors (Lipinski definition) is 1. The SMILES string of the molecule is Cc1ccc2cccnc2c1C(=O)Nc1ccc2cccnc2c1. The van der Waals surface area contributed by atoms with Gasteiger partial charge >= 0.3 is 0 Å². The molecule has 0 saturated heterocycles. The number of carbonyl (C=O) groups is 1. The first-order valence-electron chi connectivity index (χ1n) is 7.73. The van der Waals surface area contributed by atoms with Gasteiger partial charge in [-0.3, -0.25) is 14.8 Å². The maximum absolute atomic E-state index is 12.8. The highest BCUT2D eigenvalue weighted by atomic mass is 16.1. The van der Waals surface area contributed by atoms with Gasteiger partial charge in [0.1, 0.15) is 0 Å². The van der Waals surface area contributed by atoms with E-state index in [1.54, 1.807) is 12.4 Å². The van der Waals surface area contributed by atoms with Gasteiger partial charge in [-0.05, 0) is 36.8 Å². The number of pyridine rings is 2. The third-order valence-corrected chi connectivity index (χ3v) is 4.07. The first kappa shape index (κ1) is 14.3. The van der Waals surface area contributed by atoms with Crippen molar-refractivity contribution in [3.8, 4) is 0 Å². The van der Waals surface area contributed by atoms with Crippen LogP contribution >= 0.6 is 0 Å². The quantitative estimate of drug-likeness (QED) is 0.599. The molecule has 4 aromatic rings. The Labute approximate surface area is 139 Å². The molecule has 0 atom stereocenters. The van der Waals surface area contributed by atoms with Crippen LogP contribution in [0, 0.1) is 6.92 Å². The number of amides is 1. The van der Waals surface area contributed by atoms with Gasteiger partial charge in [0, 0.05) is 28.9 Å². The highest BCUT2D eigenvalue weighted by Crippen LogP contribution is 2.22. The second-order valence-corrected chi connectivity index (χ2v) is 5.70. The average molecular weight is 313 g/mol. The molecule has 0 aliphatic heterocycles. The van der Waals surface area contributed by atoms with Gasteiger partial charge in [-0.15, -0.1) is 0 Å². The number of hydrogen-bond acceptors (Lipinski definition) is 3. The zero-order valence-electron chi connectivity index (χ0n) is 13.2. The molecule has 1 N–H and O–H groups in total. The Kier molecular flexibility index (Phi) is 3.43. The molecule has 0 bridgehead atoms. The summed E-state index contributed by atoms with van der Waals surface area (Å²) in [5.41, 5.74) is 3.79. The van der Waals surface area contributed by atoms with Crippen molar-refractivity contribution in [2.24, 2.45) is 0 Å². The molecule has 0 aliphatic carbocycles. The lowest BCUT2D eigenvalue weighted by molar-refractivity contribution is 0.102. The molecule has 4 heteroatoms. The van der Waals surface area contributed by atoms with E-state index in [4.69, 9.17) is 0 Å². The molecule has 0 fully saturated rings. The lowest BCUT2D eigenvalue weighted by Gasteiger charge is -2.10. The average Bonchev–Trinajstić information content (AvgIpc) is 2.61. The Bertz CT molecular complexity index is 1070. The fourth-order valence-electron chi connectivity index (χ4n) is 2.87. The van der Waals surface area contributed by atoms with Crippen molar-refractivity contribution in [1.29, 1.82) is 0 Å². The third-order valence-electron chi connectivity index (χ3n) is 4.07. The van der Waals surface area contributed by atoms with Gasteiger partial charge in [-0.25, -0.2) is 0 Å². The normalized spacial score (nSPS) is 10.9. The minimum atomic E-state index is -0.160. The van der Waals surface area contributed by atoms with Gasteiger partial charge in [0.2, 0.25) is 0 Å². The first-order valence-corrected chi connectivity index (χ1v) is 7.73. The lowest BCUT2D eigenvalue weighted by Crippen LogP contribution is -2.14. The molecule has 0 radical (unpaired) electrons. The summed E-state index contributed by atoms with van der Waals surface area (Å²) in [7, 11) is 0. The standard InChI is InChI=1S/C20H15N3O/c1-13-6-7-15-5-3-11-22-19(15)18(13)20(24)23-16-9-8-14-4-2-10-21-17(14)12-16/h2-12H,1H3,(H,23,24). The van der Waals surface area contributed by atoms with Crippen molar-refractivity contribution < 1.29 is 4.79 Å². The second-order valence-electron chi connectivity index (χ2n) is 5.70. The van der Waals surface area contributed by atoms with E-state index < -0.39 is 0 Å². The van der Waals surface area contributed by atoms with E-state index in [9.17, 15) is 4.79 Å². The van der Waals surface area contributed by atoms with Crippen LogP contribution in [0.25, 0.3) is 21.8 Å². The van der Waals surface area contributed by atoms with Gasteiger partial charge in [0.05, 0.1) is 16.6 Å². The van der Waals surface area contributed by atoms with Crippen molar-refractivity contribution >= 4 is 33.4 Å². The van der Waals surface area contributed by atoms with E-state index in [1.165, 1.54) is 0 Å². The highest BCUT2D eigenvalue weighted by Gasteiger charge is 2.14. The van der Waals surface area contributed by atoms with Crippen molar-refractivity contribution in [3.63, 3.8) is 0 Å². The minimum Gasteiger partial charge on any atom is -0.322 e. The number of carbonyl (C=O) groups excluding carboxylic acids is 1.